The molecule has 0 aromatic rings. The molecule has 1 saturated heterocycles. The van der Waals surface area contributed by atoms with Gasteiger partial charge in [0, 0.05) is 6.92 Å². The molecule has 0 amide bonds. The molecule has 5 heteroatoms. The van der Waals surface area contributed by atoms with Crippen LogP contribution in [0.5, 0.6) is 0 Å². The standard InChI is InChI=1S/C13H25BO4/c1-11(15)16-10-8-6-7-9-14-17-12(2,3)13(4,5)18-14/h6-10H2,1-5H3. The van der Waals surface area contributed by atoms with Crippen molar-refractivity contribution >= 4 is 13.1 Å². The van der Waals surface area contributed by atoms with Gasteiger partial charge in [-0.25, -0.2) is 0 Å². The number of hydrogen-bond acceptors (Lipinski definition) is 4. The first-order chi connectivity index (χ1) is 8.24. The van der Waals surface area contributed by atoms with Crippen molar-refractivity contribution in [2.45, 2.75) is 71.4 Å². The van der Waals surface area contributed by atoms with Crippen LogP contribution in [0, 0.1) is 0 Å². The van der Waals surface area contributed by atoms with Crippen molar-refractivity contribution in [1.29, 1.82) is 0 Å². The van der Waals surface area contributed by atoms with Crippen LogP contribution in [0.15, 0.2) is 0 Å². The first-order valence-electron chi connectivity index (χ1n) is 6.73. The fourth-order valence-electron chi connectivity index (χ4n) is 1.89. The zero-order valence-electron chi connectivity index (χ0n) is 12.2. The molecule has 1 rings (SSSR count). The molecule has 0 radical (unpaired) electrons. The molecule has 1 heterocycles. The molecule has 0 bridgehead atoms. The summed E-state index contributed by atoms with van der Waals surface area (Å²) in [5.74, 6) is -0.207. The summed E-state index contributed by atoms with van der Waals surface area (Å²) in [5, 5.41) is 0. The van der Waals surface area contributed by atoms with Crippen molar-refractivity contribution in [3.8, 4) is 0 Å². The third kappa shape index (κ3) is 4.28. The Morgan fingerprint density at radius 3 is 2.11 bits per heavy atom. The first-order valence-corrected chi connectivity index (χ1v) is 6.73. The third-order valence-electron chi connectivity index (χ3n) is 3.69. The highest BCUT2D eigenvalue weighted by molar-refractivity contribution is 6.45. The van der Waals surface area contributed by atoms with E-state index >= 15 is 0 Å². The first kappa shape index (κ1) is 15.5. The highest BCUT2D eigenvalue weighted by atomic mass is 16.7. The van der Waals surface area contributed by atoms with Crippen LogP contribution in [-0.4, -0.2) is 30.9 Å². The third-order valence-corrected chi connectivity index (χ3v) is 3.69. The maximum absolute atomic E-state index is 10.6. The second-order valence-corrected chi connectivity index (χ2v) is 5.88. The summed E-state index contributed by atoms with van der Waals surface area (Å²) in [4.78, 5) is 10.6. The largest absolute Gasteiger partial charge is 0.466 e. The van der Waals surface area contributed by atoms with Crippen LogP contribution in [0.1, 0.15) is 53.9 Å². The second kappa shape index (κ2) is 6.07. The number of carbonyl (C=O) groups excluding carboxylic acids is 1. The number of esters is 1. The molecule has 1 fully saturated rings. The monoisotopic (exact) mass is 256 g/mol. The summed E-state index contributed by atoms with van der Waals surface area (Å²) in [6.45, 7) is 10.2. The van der Waals surface area contributed by atoms with Gasteiger partial charge in [-0.2, -0.15) is 0 Å². The van der Waals surface area contributed by atoms with E-state index in [9.17, 15) is 4.79 Å². The van der Waals surface area contributed by atoms with Crippen LogP contribution in [0.4, 0.5) is 0 Å². The lowest BCUT2D eigenvalue weighted by molar-refractivity contribution is -0.141. The lowest BCUT2D eigenvalue weighted by atomic mass is 9.82. The van der Waals surface area contributed by atoms with Gasteiger partial charge in [0.25, 0.3) is 0 Å². The summed E-state index contributed by atoms with van der Waals surface area (Å²) in [7, 11) is -0.108. The average molecular weight is 256 g/mol. The van der Waals surface area contributed by atoms with Crippen molar-refractivity contribution in [2.24, 2.45) is 0 Å². The van der Waals surface area contributed by atoms with Crippen molar-refractivity contribution in [3.05, 3.63) is 0 Å². The number of hydrogen-bond donors (Lipinski definition) is 0. The van der Waals surface area contributed by atoms with Gasteiger partial charge in [-0.05, 0) is 40.4 Å². The molecule has 1 aliphatic heterocycles. The quantitative estimate of drug-likeness (QED) is 0.416. The zero-order chi connectivity index (χ0) is 13.8. The maximum Gasteiger partial charge on any atom is 0.457 e. The molecule has 0 aromatic carbocycles. The second-order valence-electron chi connectivity index (χ2n) is 5.88. The Kier molecular flexibility index (Phi) is 5.23. The summed E-state index contributed by atoms with van der Waals surface area (Å²) in [6.07, 6.45) is 3.85. The number of unbranched alkanes of at least 4 members (excludes halogenated alkanes) is 2. The molecule has 0 spiro atoms. The molecule has 1 aliphatic rings. The van der Waals surface area contributed by atoms with Crippen LogP contribution < -0.4 is 0 Å². The Morgan fingerprint density at radius 1 is 1.06 bits per heavy atom. The van der Waals surface area contributed by atoms with E-state index in [-0.39, 0.29) is 24.3 Å². The van der Waals surface area contributed by atoms with Crippen LogP contribution in [0.2, 0.25) is 6.32 Å². The zero-order valence-corrected chi connectivity index (χ0v) is 12.2. The molecular weight excluding hydrogens is 231 g/mol. The molecule has 18 heavy (non-hydrogen) atoms. The molecule has 0 aromatic heterocycles. The van der Waals surface area contributed by atoms with Crippen LogP contribution in [0.3, 0.4) is 0 Å². The summed E-state index contributed by atoms with van der Waals surface area (Å²) in [6, 6.07) is 0. The van der Waals surface area contributed by atoms with Gasteiger partial charge in [-0.3, -0.25) is 4.79 Å². The SMILES string of the molecule is CC(=O)OCCCCCB1OC(C)(C)C(C)(C)O1. The summed E-state index contributed by atoms with van der Waals surface area (Å²) >= 11 is 0. The fraction of sp³-hybridized carbons (Fsp3) is 0.923. The van der Waals surface area contributed by atoms with E-state index in [1.807, 2.05) is 0 Å². The number of ether oxygens (including phenoxy) is 1. The van der Waals surface area contributed by atoms with E-state index in [2.05, 4.69) is 27.7 Å². The van der Waals surface area contributed by atoms with Crippen molar-refractivity contribution < 1.29 is 18.8 Å². The van der Waals surface area contributed by atoms with Crippen LogP contribution in [-0.2, 0) is 18.8 Å². The van der Waals surface area contributed by atoms with E-state index in [4.69, 9.17) is 14.0 Å². The van der Waals surface area contributed by atoms with Gasteiger partial charge in [-0.15, -0.1) is 0 Å². The topological polar surface area (TPSA) is 44.8 Å². The number of carbonyl (C=O) groups is 1. The van der Waals surface area contributed by atoms with Gasteiger partial charge in [0.15, 0.2) is 0 Å². The van der Waals surface area contributed by atoms with E-state index in [0.717, 1.165) is 25.6 Å². The van der Waals surface area contributed by atoms with Crippen LogP contribution >= 0.6 is 0 Å². The Labute approximate surface area is 111 Å². The lowest BCUT2D eigenvalue weighted by Gasteiger charge is -2.32. The Balaban J connectivity index is 2.13. The van der Waals surface area contributed by atoms with Gasteiger partial charge in [-0.1, -0.05) is 12.8 Å². The van der Waals surface area contributed by atoms with E-state index in [1.54, 1.807) is 0 Å². The average Bonchev–Trinajstić information content (AvgIpc) is 2.40. The molecular formula is C13H25BO4. The van der Waals surface area contributed by atoms with Gasteiger partial charge in [0.1, 0.15) is 0 Å². The van der Waals surface area contributed by atoms with E-state index in [0.29, 0.717) is 6.61 Å². The van der Waals surface area contributed by atoms with Gasteiger partial charge in [0.05, 0.1) is 17.8 Å². The fourth-order valence-corrected chi connectivity index (χ4v) is 1.89. The van der Waals surface area contributed by atoms with Crippen LogP contribution in [0.25, 0.3) is 0 Å². The molecule has 4 nitrogen and oxygen atoms in total. The smallest absolute Gasteiger partial charge is 0.457 e. The molecule has 0 N–H and O–H groups in total. The molecule has 0 atom stereocenters. The minimum Gasteiger partial charge on any atom is -0.466 e. The summed E-state index contributed by atoms with van der Waals surface area (Å²) < 4.78 is 16.7. The number of rotatable bonds is 6. The van der Waals surface area contributed by atoms with Gasteiger partial charge >= 0.3 is 13.1 Å². The van der Waals surface area contributed by atoms with Gasteiger partial charge in [0.2, 0.25) is 0 Å². The predicted octanol–water partition coefficient (Wildman–Crippen LogP) is 2.81. The normalized spacial score (nSPS) is 21.1. The molecule has 0 unspecified atom stereocenters. The molecule has 0 saturated carbocycles. The highest BCUT2D eigenvalue weighted by Crippen LogP contribution is 2.38. The molecule has 104 valence electrons. The lowest BCUT2D eigenvalue weighted by Crippen LogP contribution is -2.41. The van der Waals surface area contributed by atoms with E-state index in [1.165, 1.54) is 6.92 Å². The highest BCUT2D eigenvalue weighted by Gasteiger charge is 2.50. The van der Waals surface area contributed by atoms with Crippen molar-refractivity contribution in [3.63, 3.8) is 0 Å². The Hall–Kier alpha value is -0.545. The summed E-state index contributed by atoms with van der Waals surface area (Å²) in [5.41, 5.74) is -0.481. The Morgan fingerprint density at radius 2 is 1.61 bits per heavy atom. The van der Waals surface area contributed by atoms with Crippen molar-refractivity contribution in [1.82, 2.24) is 0 Å². The minimum atomic E-state index is -0.241. The minimum absolute atomic E-state index is 0.108. The van der Waals surface area contributed by atoms with E-state index < -0.39 is 0 Å². The maximum atomic E-state index is 10.6. The van der Waals surface area contributed by atoms with Crippen molar-refractivity contribution in [2.75, 3.05) is 6.61 Å². The predicted molar refractivity (Wildman–Crippen MR) is 71.4 cm³/mol. The molecule has 0 aliphatic carbocycles. The van der Waals surface area contributed by atoms with Gasteiger partial charge < -0.3 is 14.0 Å². The Bertz CT molecular complexity index is 273.